The topological polar surface area (TPSA) is 0 Å². The van der Waals surface area contributed by atoms with Crippen LogP contribution in [0.25, 0.3) is 0 Å². The number of alkyl halides is 4. The third-order valence-electron chi connectivity index (χ3n) is 2.33. The molecule has 0 amide bonds. The minimum Gasteiger partial charge on any atom is -0.160 e. The molecule has 0 saturated carbocycles. The van der Waals surface area contributed by atoms with Gasteiger partial charge in [0.2, 0.25) is 0 Å². The van der Waals surface area contributed by atoms with Crippen LogP contribution in [0.5, 0.6) is 0 Å². The first-order valence-electron chi connectivity index (χ1n) is 5.02. The van der Waals surface area contributed by atoms with Crippen molar-refractivity contribution in [3.8, 4) is 0 Å². The first kappa shape index (κ1) is 13.2. The molecule has 1 atom stereocenters. The Labute approximate surface area is 97.3 Å². The van der Waals surface area contributed by atoms with E-state index >= 15 is 0 Å². The van der Waals surface area contributed by atoms with Crippen LogP contribution < -0.4 is 0 Å². The fraction of sp³-hybridized carbons (Fsp3) is 0.800. The molecule has 0 heterocycles. The van der Waals surface area contributed by atoms with Gasteiger partial charge in [0, 0.05) is 5.75 Å². The molecule has 1 rings (SSSR count). The van der Waals surface area contributed by atoms with Gasteiger partial charge in [-0.15, -0.1) is 11.6 Å². The predicted molar refractivity (Wildman–Crippen MR) is 59.3 cm³/mol. The zero-order valence-electron chi connectivity index (χ0n) is 8.32. The molecular formula is C10H14ClF3S. The summed E-state index contributed by atoms with van der Waals surface area (Å²) in [6.07, 6.45) is 6.41. The van der Waals surface area contributed by atoms with Crippen LogP contribution >= 0.6 is 23.4 Å². The van der Waals surface area contributed by atoms with Crippen LogP contribution in [-0.4, -0.2) is 16.6 Å². The number of hydrogen-bond donors (Lipinski definition) is 0. The van der Waals surface area contributed by atoms with Gasteiger partial charge < -0.3 is 0 Å². The molecule has 0 aliphatic heterocycles. The molecule has 0 bridgehead atoms. The summed E-state index contributed by atoms with van der Waals surface area (Å²) in [6, 6.07) is 0. The summed E-state index contributed by atoms with van der Waals surface area (Å²) in [5.74, 6) is 0.110. The maximum atomic E-state index is 11.9. The lowest BCUT2D eigenvalue weighted by Gasteiger charge is -2.07. The molecule has 0 spiro atoms. The number of hydrogen-bond acceptors (Lipinski definition) is 1. The molecule has 0 N–H and O–H groups in total. The Bertz CT molecular complexity index is 225. The van der Waals surface area contributed by atoms with E-state index in [1.807, 2.05) is 6.08 Å². The fourth-order valence-corrected chi connectivity index (χ4v) is 2.55. The summed E-state index contributed by atoms with van der Waals surface area (Å²) >= 11 is 6.03. The van der Waals surface area contributed by atoms with Crippen LogP contribution in [0.1, 0.15) is 32.1 Å². The van der Waals surface area contributed by atoms with E-state index in [4.69, 9.17) is 11.6 Å². The first-order chi connectivity index (χ1) is 6.97. The Morgan fingerprint density at radius 3 is 2.80 bits per heavy atom. The highest BCUT2D eigenvalue weighted by Crippen LogP contribution is 2.32. The van der Waals surface area contributed by atoms with Crippen LogP contribution in [0.4, 0.5) is 13.2 Å². The van der Waals surface area contributed by atoms with Gasteiger partial charge in [0.05, 0.1) is 5.38 Å². The van der Waals surface area contributed by atoms with Crippen molar-refractivity contribution in [3.63, 3.8) is 0 Å². The summed E-state index contributed by atoms with van der Waals surface area (Å²) in [7, 11) is 0. The van der Waals surface area contributed by atoms with Gasteiger partial charge in [0.1, 0.15) is 0 Å². The van der Waals surface area contributed by atoms with Crippen LogP contribution in [0.15, 0.2) is 11.6 Å². The van der Waals surface area contributed by atoms with E-state index in [0.717, 1.165) is 31.3 Å². The number of halogens is 4. The molecule has 0 nitrogen and oxygen atoms in total. The number of rotatable bonds is 3. The van der Waals surface area contributed by atoms with Crippen molar-refractivity contribution in [3.05, 3.63) is 11.6 Å². The number of allylic oxidation sites excluding steroid dienone is 2. The van der Waals surface area contributed by atoms with Gasteiger partial charge in [-0.05, 0) is 25.7 Å². The Hall–Kier alpha value is 0.170. The van der Waals surface area contributed by atoms with Crippen molar-refractivity contribution in [1.29, 1.82) is 0 Å². The Morgan fingerprint density at radius 1 is 1.40 bits per heavy atom. The molecule has 1 aliphatic carbocycles. The van der Waals surface area contributed by atoms with Crippen LogP contribution in [0.3, 0.4) is 0 Å². The molecule has 1 unspecified atom stereocenters. The molecule has 0 radical (unpaired) electrons. The average molecular weight is 259 g/mol. The van der Waals surface area contributed by atoms with Gasteiger partial charge in [-0.25, -0.2) is 0 Å². The lowest BCUT2D eigenvalue weighted by atomic mass is 10.1. The quantitative estimate of drug-likeness (QED) is 0.521. The fourth-order valence-electron chi connectivity index (χ4n) is 1.62. The SMILES string of the molecule is FC(F)(F)SCCC1=CC(Cl)CCCC1. The largest absolute Gasteiger partial charge is 0.441 e. The molecule has 1 aliphatic rings. The van der Waals surface area contributed by atoms with Crippen molar-refractivity contribution >= 4 is 23.4 Å². The maximum absolute atomic E-state index is 11.9. The molecule has 0 aromatic carbocycles. The minimum atomic E-state index is -4.11. The van der Waals surface area contributed by atoms with Gasteiger partial charge in [-0.3, -0.25) is 0 Å². The highest BCUT2D eigenvalue weighted by Gasteiger charge is 2.27. The normalized spacial score (nSPS) is 23.5. The zero-order valence-corrected chi connectivity index (χ0v) is 9.89. The van der Waals surface area contributed by atoms with Crippen molar-refractivity contribution in [2.24, 2.45) is 0 Å². The second-order valence-electron chi connectivity index (χ2n) is 3.63. The van der Waals surface area contributed by atoms with E-state index in [1.165, 1.54) is 0 Å². The van der Waals surface area contributed by atoms with Crippen molar-refractivity contribution in [2.75, 3.05) is 5.75 Å². The Kier molecular flexibility index (Phi) is 5.33. The van der Waals surface area contributed by atoms with E-state index in [9.17, 15) is 13.2 Å². The standard InChI is InChI=1S/C10H14ClF3S/c11-9-4-2-1-3-8(7-9)5-6-15-10(12,13)14/h7,9H,1-6H2. The summed E-state index contributed by atoms with van der Waals surface area (Å²) in [4.78, 5) is 0. The third kappa shape index (κ3) is 6.36. The lowest BCUT2D eigenvalue weighted by Crippen LogP contribution is -2.02. The Morgan fingerprint density at radius 2 is 2.13 bits per heavy atom. The molecule has 88 valence electrons. The van der Waals surface area contributed by atoms with E-state index in [-0.39, 0.29) is 22.9 Å². The van der Waals surface area contributed by atoms with E-state index < -0.39 is 5.51 Å². The van der Waals surface area contributed by atoms with E-state index in [1.54, 1.807) is 0 Å². The van der Waals surface area contributed by atoms with Crippen molar-refractivity contribution < 1.29 is 13.2 Å². The maximum Gasteiger partial charge on any atom is 0.441 e. The highest BCUT2D eigenvalue weighted by atomic mass is 35.5. The highest BCUT2D eigenvalue weighted by molar-refractivity contribution is 8.00. The Balaban J connectivity index is 2.30. The first-order valence-corrected chi connectivity index (χ1v) is 6.44. The molecule has 0 aromatic rings. The summed E-state index contributed by atoms with van der Waals surface area (Å²) in [5, 5.41) is 0.0124. The third-order valence-corrected chi connectivity index (χ3v) is 3.41. The van der Waals surface area contributed by atoms with Crippen molar-refractivity contribution in [2.45, 2.75) is 43.0 Å². The summed E-state index contributed by atoms with van der Waals surface area (Å²) in [5.41, 5.74) is -3.02. The van der Waals surface area contributed by atoms with Gasteiger partial charge in [0.25, 0.3) is 0 Å². The lowest BCUT2D eigenvalue weighted by molar-refractivity contribution is -0.0327. The van der Waals surface area contributed by atoms with Gasteiger partial charge in [-0.2, -0.15) is 13.2 Å². The zero-order chi connectivity index (χ0) is 11.3. The van der Waals surface area contributed by atoms with Crippen LogP contribution in [-0.2, 0) is 0 Å². The number of thioether (sulfide) groups is 1. The molecule has 15 heavy (non-hydrogen) atoms. The summed E-state index contributed by atoms with van der Waals surface area (Å²) in [6.45, 7) is 0. The van der Waals surface area contributed by atoms with Crippen LogP contribution in [0.2, 0.25) is 0 Å². The predicted octanol–water partition coefficient (Wildman–Crippen LogP) is 4.74. The monoisotopic (exact) mass is 258 g/mol. The molecule has 0 saturated heterocycles. The second kappa shape index (κ2) is 6.04. The molecular weight excluding hydrogens is 245 g/mol. The van der Waals surface area contributed by atoms with Crippen LogP contribution in [0, 0.1) is 0 Å². The van der Waals surface area contributed by atoms with Gasteiger partial charge in [-0.1, -0.05) is 29.8 Å². The smallest absolute Gasteiger partial charge is 0.160 e. The van der Waals surface area contributed by atoms with Crippen molar-refractivity contribution in [1.82, 2.24) is 0 Å². The molecule has 0 fully saturated rings. The van der Waals surface area contributed by atoms with E-state index in [2.05, 4.69) is 0 Å². The van der Waals surface area contributed by atoms with Gasteiger partial charge >= 0.3 is 5.51 Å². The average Bonchev–Trinajstić information content (AvgIpc) is 2.27. The molecule has 0 aromatic heterocycles. The molecule has 5 heteroatoms. The van der Waals surface area contributed by atoms with E-state index in [0.29, 0.717) is 6.42 Å². The second-order valence-corrected chi connectivity index (χ2v) is 5.35. The van der Waals surface area contributed by atoms with Gasteiger partial charge in [0.15, 0.2) is 0 Å². The summed E-state index contributed by atoms with van der Waals surface area (Å²) < 4.78 is 35.7. The minimum absolute atomic E-state index is 0.0124.